The van der Waals surface area contributed by atoms with Crippen LogP contribution < -0.4 is 15.2 Å². The van der Waals surface area contributed by atoms with Gasteiger partial charge in [0, 0.05) is 23.5 Å². The number of H-pyrrole nitrogens is 1. The van der Waals surface area contributed by atoms with Gasteiger partial charge in [0.15, 0.2) is 0 Å². The fourth-order valence-electron chi connectivity index (χ4n) is 2.66. The fourth-order valence-corrected chi connectivity index (χ4v) is 2.66. The average Bonchev–Trinajstić information content (AvgIpc) is 3.17. The molecule has 0 radical (unpaired) electrons. The van der Waals surface area contributed by atoms with E-state index in [1.165, 1.54) is 0 Å². The Hall–Kier alpha value is -3.44. The van der Waals surface area contributed by atoms with Crippen LogP contribution in [0.15, 0.2) is 85.1 Å². The lowest BCUT2D eigenvalue weighted by Crippen LogP contribution is -1.97. The number of benzene rings is 3. The number of anilines is 1. The molecule has 4 aromatic rings. The van der Waals surface area contributed by atoms with E-state index in [9.17, 15) is 0 Å². The number of rotatable bonds is 6. The molecule has 1 aromatic heterocycles. The second-order valence-electron chi connectivity index (χ2n) is 6.03. The summed E-state index contributed by atoms with van der Waals surface area (Å²) in [5.74, 6) is 3.04. The standard InChI is InChI=1S/C22H19N3O2.ClH/c23-17-5-4-8-20(13-17)27-19-11-9-16(10-12-19)21-14-24-22(25-21)15-26-18-6-2-1-3-7-18;/h1-14H,15,23H2,(H,24,25);1H. The normalized spacial score (nSPS) is 10.1. The highest BCUT2D eigenvalue weighted by molar-refractivity contribution is 5.85. The maximum absolute atomic E-state index is 5.81. The van der Waals surface area contributed by atoms with Crippen molar-refractivity contribution in [3.8, 4) is 28.5 Å². The van der Waals surface area contributed by atoms with E-state index in [1.807, 2.05) is 79.0 Å². The van der Waals surface area contributed by atoms with E-state index in [1.54, 1.807) is 6.07 Å². The Kier molecular flexibility index (Phi) is 6.19. The summed E-state index contributed by atoms with van der Waals surface area (Å²) in [6, 6.07) is 24.8. The number of para-hydroxylation sites is 1. The molecule has 0 spiro atoms. The molecular weight excluding hydrogens is 374 g/mol. The summed E-state index contributed by atoms with van der Waals surface area (Å²) in [7, 11) is 0. The van der Waals surface area contributed by atoms with E-state index in [-0.39, 0.29) is 12.4 Å². The Bertz CT molecular complexity index is 1020. The van der Waals surface area contributed by atoms with Gasteiger partial charge in [-0.1, -0.05) is 24.3 Å². The van der Waals surface area contributed by atoms with E-state index < -0.39 is 0 Å². The van der Waals surface area contributed by atoms with Crippen LogP contribution >= 0.6 is 12.4 Å². The van der Waals surface area contributed by atoms with Crippen LogP contribution in [0.3, 0.4) is 0 Å². The van der Waals surface area contributed by atoms with Crippen molar-refractivity contribution < 1.29 is 9.47 Å². The van der Waals surface area contributed by atoms with Gasteiger partial charge in [-0.2, -0.15) is 0 Å². The molecule has 0 saturated carbocycles. The van der Waals surface area contributed by atoms with Crippen LogP contribution in [-0.2, 0) is 6.61 Å². The second-order valence-corrected chi connectivity index (χ2v) is 6.03. The minimum atomic E-state index is 0. The van der Waals surface area contributed by atoms with E-state index >= 15 is 0 Å². The highest BCUT2D eigenvalue weighted by atomic mass is 35.5. The summed E-state index contributed by atoms with van der Waals surface area (Å²) < 4.78 is 11.5. The number of nitrogens with one attached hydrogen (secondary N) is 1. The fraction of sp³-hybridized carbons (Fsp3) is 0.0455. The smallest absolute Gasteiger partial charge is 0.146 e. The highest BCUT2D eigenvalue weighted by Crippen LogP contribution is 2.26. The number of aromatic nitrogens is 2. The van der Waals surface area contributed by atoms with E-state index in [4.69, 9.17) is 15.2 Å². The zero-order chi connectivity index (χ0) is 18.5. The number of imidazole rings is 1. The third-order valence-electron chi connectivity index (χ3n) is 3.99. The molecule has 0 aliphatic carbocycles. The number of ether oxygens (including phenoxy) is 2. The zero-order valence-electron chi connectivity index (χ0n) is 15.0. The number of hydrogen-bond donors (Lipinski definition) is 2. The number of halogens is 1. The molecule has 0 fully saturated rings. The van der Waals surface area contributed by atoms with Crippen molar-refractivity contribution in [3.63, 3.8) is 0 Å². The number of nitrogen functional groups attached to an aromatic ring is 1. The first kappa shape index (κ1) is 19.3. The van der Waals surface area contributed by atoms with Crippen molar-refractivity contribution in [2.75, 3.05) is 5.73 Å². The van der Waals surface area contributed by atoms with E-state index in [0.717, 1.165) is 28.6 Å². The van der Waals surface area contributed by atoms with Gasteiger partial charge in [-0.3, -0.25) is 0 Å². The SMILES string of the molecule is Cl.Nc1cccc(Oc2ccc(-c3c[nH]c(COc4ccccc4)n3)cc2)c1. The summed E-state index contributed by atoms with van der Waals surface area (Å²) >= 11 is 0. The summed E-state index contributed by atoms with van der Waals surface area (Å²) in [4.78, 5) is 7.74. The maximum atomic E-state index is 5.81. The molecule has 0 unspecified atom stereocenters. The minimum Gasteiger partial charge on any atom is -0.486 e. The van der Waals surface area contributed by atoms with Gasteiger partial charge in [0.1, 0.15) is 29.7 Å². The molecule has 0 aliphatic heterocycles. The molecule has 142 valence electrons. The summed E-state index contributed by atoms with van der Waals surface area (Å²) in [5.41, 5.74) is 8.30. The van der Waals surface area contributed by atoms with Gasteiger partial charge in [0.25, 0.3) is 0 Å². The number of nitrogens with two attached hydrogens (primary N) is 1. The predicted molar refractivity (Wildman–Crippen MR) is 113 cm³/mol. The quantitative estimate of drug-likeness (QED) is 0.427. The molecule has 28 heavy (non-hydrogen) atoms. The molecule has 0 atom stereocenters. The van der Waals surface area contributed by atoms with Crippen LogP contribution in [0.1, 0.15) is 5.82 Å². The van der Waals surface area contributed by atoms with Crippen molar-refractivity contribution in [1.29, 1.82) is 0 Å². The largest absolute Gasteiger partial charge is 0.486 e. The molecule has 0 amide bonds. The Morgan fingerprint density at radius 1 is 0.821 bits per heavy atom. The molecular formula is C22H20ClN3O2. The summed E-state index contributed by atoms with van der Waals surface area (Å²) in [6.07, 6.45) is 1.87. The monoisotopic (exact) mass is 393 g/mol. The first-order chi connectivity index (χ1) is 13.3. The van der Waals surface area contributed by atoms with Crippen LogP contribution in [0.2, 0.25) is 0 Å². The van der Waals surface area contributed by atoms with Gasteiger partial charge in [-0.25, -0.2) is 4.98 Å². The van der Waals surface area contributed by atoms with Crippen LogP contribution in [0.25, 0.3) is 11.3 Å². The molecule has 1 heterocycles. The number of aromatic amines is 1. The Balaban J connectivity index is 0.00000225. The average molecular weight is 394 g/mol. The molecule has 6 heteroatoms. The van der Waals surface area contributed by atoms with Gasteiger partial charge < -0.3 is 20.2 Å². The van der Waals surface area contributed by atoms with Crippen LogP contribution in [0.5, 0.6) is 17.2 Å². The number of nitrogens with zero attached hydrogens (tertiary/aromatic N) is 1. The maximum Gasteiger partial charge on any atom is 0.146 e. The van der Waals surface area contributed by atoms with Crippen molar-refractivity contribution in [1.82, 2.24) is 9.97 Å². The Labute approximate surface area is 169 Å². The third kappa shape index (κ3) is 4.84. The minimum absolute atomic E-state index is 0. The lowest BCUT2D eigenvalue weighted by Gasteiger charge is -2.06. The molecule has 0 saturated heterocycles. The first-order valence-corrected chi connectivity index (χ1v) is 8.62. The molecule has 4 rings (SSSR count). The topological polar surface area (TPSA) is 73.2 Å². The Morgan fingerprint density at radius 2 is 1.57 bits per heavy atom. The van der Waals surface area contributed by atoms with Crippen molar-refractivity contribution in [3.05, 3.63) is 90.9 Å². The van der Waals surface area contributed by atoms with Crippen LogP contribution in [-0.4, -0.2) is 9.97 Å². The van der Waals surface area contributed by atoms with Gasteiger partial charge in [-0.05, 0) is 48.5 Å². The highest BCUT2D eigenvalue weighted by Gasteiger charge is 2.06. The molecule has 0 bridgehead atoms. The zero-order valence-corrected chi connectivity index (χ0v) is 15.9. The molecule has 3 N–H and O–H groups in total. The van der Waals surface area contributed by atoms with E-state index in [2.05, 4.69) is 9.97 Å². The summed E-state index contributed by atoms with van der Waals surface area (Å²) in [6.45, 7) is 0.390. The summed E-state index contributed by atoms with van der Waals surface area (Å²) in [5, 5.41) is 0. The first-order valence-electron chi connectivity index (χ1n) is 8.62. The Morgan fingerprint density at radius 3 is 2.32 bits per heavy atom. The lowest BCUT2D eigenvalue weighted by molar-refractivity contribution is 0.297. The molecule has 3 aromatic carbocycles. The van der Waals surface area contributed by atoms with Crippen molar-refractivity contribution >= 4 is 18.1 Å². The van der Waals surface area contributed by atoms with Crippen LogP contribution in [0.4, 0.5) is 5.69 Å². The van der Waals surface area contributed by atoms with E-state index in [0.29, 0.717) is 18.0 Å². The number of hydrogen-bond acceptors (Lipinski definition) is 4. The third-order valence-corrected chi connectivity index (χ3v) is 3.99. The van der Waals surface area contributed by atoms with Crippen molar-refractivity contribution in [2.45, 2.75) is 6.61 Å². The van der Waals surface area contributed by atoms with Crippen LogP contribution in [0, 0.1) is 0 Å². The molecule has 5 nitrogen and oxygen atoms in total. The second kappa shape index (κ2) is 8.97. The van der Waals surface area contributed by atoms with Gasteiger partial charge in [0.2, 0.25) is 0 Å². The van der Waals surface area contributed by atoms with Gasteiger partial charge >= 0.3 is 0 Å². The van der Waals surface area contributed by atoms with Gasteiger partial charge in [0.05, 0.1) is 5.69 Å². The predicted octanol–water partition coefficient (Wildman–Crippen LogP) is 5.45. The van der Waals surface area contributed by atoms with Crippen molar-refractivity contribution in [2.24, 2.45) is 0 Å². The van der Waals surface area contributed by atoms with Gasteiger partial charge in [-0.15, -0.1) is 12.4 Å². The molecule has 0 aliphatic rings. The lowest BCUT2D eigenvalue weighted by atomic mass is 10.1.